The summed E-state index contributed by atoms with van der Waals surface area (Å²) >= 11 is 5.86. The van der Waals surface area contributed by atoms with E-state index in [-0.39, 0.29) is 0 Å². The first kappa shape index (κ1) is 11.0. The molecule has 0 aliphatic rings. The summed E-state index contributed by atoms with van der Waals surface area (Å²) in [4.78, 5) is 3.97. The number of hydrogen-bond acceptors (Lipinski definition) is 2. The van der Waals surface area contributed by atoms with Gasteiger partial charge in [0.05, 0.1) is 12.9 Å². The van der Waals surface area contributed by atoms with Gasteiger partial charge in [-0.25, -0.2) is 4.98 Å². The fourth-order valence-corrected chi connectivity index (χ4v) is 1.68. The zero-order chi connectivity index (χ0) is 11.4. The second-order valence-corrected chi connectivity index (χ2v) is 4.00. The van der Waals surface area contributed by atoms with Crippen LogP contribution >= 0.6 is 11.6 Å². The van der Waals surface area contributed by atoms with Crippen molar-refractivity contribution in [1.29, 1.82) is 0 Å². The number of halogens is 1. The number of nitrogens with zero attached hydrogens (tertiary/aromatic N) is 2. The zero-order valence-electron chi connectivity index (χ0n) is 9.06. The molecule has 3 nitrogen and oxygen atoms in total. The molecule has 0 fully saturated rings. The van der Waals surface area contributed by atoms with E-state index >= 15 is 0 Å². The summed E-state index contributed by atoms with van der Waals surface area (Å²) in [6.45, 7) is 3.40. The molecule has 1 aromatic carbocycles. The molecule has 1 aromatic heterocycles. The number of aromatic nitrogens is 2. The van der Waals surface area contributed by atoms with Crippen molar-refractivity contribution in [2.45, 2.75) is 13.5 Å². The van der Waals surface area contributed by atoms with Gasteiger partial charge in [0.25, 0.3) is 0 Å². The maximum absolute atomic E-state index is 5.86. The zero-order valence-corrected chi connectivity index (χ0v) is 9.81. The van der Waals surface area contributed by atoms with Crippen molar-refractivity contribution in [3.8, 4) is 5.75 Å². The first-order valence-corrected chi connectivity index (χ1v) is 5.48. The van der Waals surface area contributed by atoms with Gasteiger partial charge in [-0.15, -0.1) is 0 Å². The summed E-state index contributed by atoms with van der Waals surface area (Å²) in [5, 5.41) is 0.736. The number of rotatable bonds is 4. The van der Waals surface area contributed by atoms with Gasteiger partial charge in [-0.1, -0.05) is 11.6 Å². The Morgan fingerprint density at radius 2 is 2.31 bits per heavy atom. The predicted molar refractivity (Wildman–Crippen MR) is 63.9 cm³/mol. The Morgan fingerprint density at radius 1 is 1.44 bits per heavy atom. The Bertz CT molecular complexity index is 454. The number of aryl methyl sites for hydroxylation is 1. The minimum atomic E-state index is 0.624. The van der Waals surface area contributed by atoms with Gasteiger partial charge in [0.2, 0.25) is 0 Å². The Morgan fingerprint density at radius 3 is 3.00 bits per heavy atom. The van der Waals surface area contributed by atoms with E-state index in [4.69, 9.17) is 16.3 Å². The summed E-state index contributed by atoms with van der Waals surface area (Å²) in [6, 6.07) is 5.63. The highest BCUT2D eigenvalue weighted by atomic mass is 35.5. The molecule has 84 valence electrons. The third kappa shape index (κ3) is 2.76. The van der Waals surface area contributed by atoms with Crippen molar-refractivity contribution in [3.05, 3.63) is 47.5 Å². The van der Waals surface area contributed by atoms with E-state index in [1.54, 1.807) is 12.5 Å². The molecule has 2 aromatic rings. The lowest BCUT2D eigenvalue weighted by molar-refractivity contribution is 0.296. The third-order valence-corrected chi connectivity index (χ3v) is 2.54. The molecule has 0 unspecified atom stereocenters. The molecule has 16 heavy (non-hydrogen) atoms. The highest BCUT2D eigenvalue weighted by molar-refractivity contribution is 6.30. The Labute approximate surface area is 99.6 Å². The molecule has 0 aliphatic carbocycles. The van der Waals surface area contributed by atoms with Crippen molar-refractivity contribution >= 4 is 11.6 Å². The van der Waals surface area contributed by atoms with Gasteiger partial charge in [-0.3, -0.25) is 0 Å². The summed E-state index contributed by atoms with van der Waals surface area (Å²) in [6.07, 6.45) is 5.45. The highest BCUT2D eigenvalue weighted by Gasteiger charge is 2.00. The summed E-state index contributed by atoms with van der Waals surface area (Å²) < 4.78 is 7.64. The first-order valence-electron chi connectivity index (χ1n) is 5.10. The van der Waals surface area contributed by atoms with Crippen LogP contribution in [0.1, 0.15) is 5.56 Å². The topological polar surface area (TPSA) is 27.1 Å². The molecular formula is C12H13ClN2O. The van der Waals surface area contributed by atoms with Crippen LogP contribution in [-0.4, -0.2) is 16.2 Å². The lowest BCUT2D eigenvalue weighted by atomic mass is 10.2. The predicted octanol–water partition coefficient (Wildman–Crippen LogP) is 2.92. The number of benzene rings is 1. The van der Waals surface area contributed by atoms with Crippen molar-refractivity contribution in [3.63, 3.8) is 0 Å². The number of ether oxygens (including phenoxy) is 1. The van der Waals surface area contributed by atoms with Crippen LogP contribution in [0.25, 0.3) is 0 Å². The van der Waals surface area contributed by atoms with Gasteiger partial charge in [0, 0.05) is 17.4 Å². The molecule has 0 radical (unpaired) electrons. The van der Waals surface area contributed by atoms with Crippen LogP contribution in [-0.2, 0) is 6.54 Å². The normalized spacial score (nSPS) is 10.4. The molecule has 0 bridgehead atoms. The van der Waals surface area contributed by atoms with Crippen LogP contribution in [0.5, 0.6) is 5.75 Å². The quantitative estimate of drug-likeness (QED) is 0.816. The van der Waals surface area contributed by atoms with Crippen molar-refractivity contribution in [2.75, 3.05) is 6.61 Å². The summed E-state index contributed by atoms with van der Waals surface area (Å²) in [7, 11) is 0. The number of hydrogen-bond donors (Lipinski definition) is 0. The molecule has 2 rings (SSSR count). The van der Waals surface area contributed by atoms with E-state index in [9.17, 15) is 0 Å². The van der Waals surface area contributed by atoms with Crippen molar-refractivity contribution in [1.82, 2.24) is 9.55 Å². The lowest BCUT2D eigenvalue weighted by Gasteiger charge is -2.09. The van der Waals surface area contributed by atoms with E-state index in [0.717, 1.165) is 22.9 Å². The minimum Gasteiger partial charge on any atom is -0.491 e. The maximum Gasteiger partial charge on any atom is 0.122 e. The Hall–Kier alpha value is -1.48. The second kappa shape index (κ2) is 5.03. The first-order chi connectivity index (χ1) is 7.75. The highest BCUT2D eigenvalue weighted by Crippen LogP contribution is 2.21. The average molecular weight is 237 g/mol. The molecule has 4 heteroatoms. The smallest absolute Gasteiger partial charge is 0.122 e. The van der Waals surface area contributed by atoms with E-state index < -0.39 is 0 Å². The van der Waals surface area contributed by atoms with Crippen LogP contribution < -0.4 is 4.74 Å². The molecule has 0 amide bonds. The van der Waals surface area contributed by atoms with Crippen molar-refractivity contribution < 1.29 is 4.74 Å². The second-order valence-electron chi connectivity index (χ2n) is 3.56. The standard InChI is InChI=1S/C12H13ClN2O/c1-10-8-11(13)2-3-12(10)16-7-6-15-5-4-14-9-15/h2-5,8-9H,6-7H2,1H3. The van der Waals surface area contributed by atoms with E-state index in [1.807, 2.05) is 35.9 Å². The maximum atomic E-state index is 5.86. The van der Waals surface area contributed by atoms with Gasteiger partial charge in [0.15, 0.2) is 0 Å². The SMILES string of the molecule is Cc1cc(Cl)ccc1OCCn1ccnc1. The molecule has 0 N–H and O–H groups in total. The van der Waals surface area contributed by atoms with Gasteiger partial charge in [-0.2, -0.15) is 0 Å². The van der Waals surface area contributed by atoms with Gasteiger partial charge in [-0.05, 0) is 30.7 Å². The van der Waals surface area contributed by atoms with Crippen LogP contribution in [0.15, 0.2) is 36.9 Å². The molecule has 0 spiro atoms. The van der Waals surface area contributed by atoms with Crippen LogP contribution in [0.4, 0.5) is 0 Å². The number of imidazole rings is 1. The van der Waals surface area contributed by atoms with Crippen LogP contribution in [0.2, 0.25) is 5.02 Å². The van der Waals surface area contributed by atoms with E-state index in [1.165, 1.54) is 0 Å². The molecule has 0 saturated carbocycles. The Kier molecular flexibility index (Phi) is 3.47. The molecule has 0 aliphatic heterocycles. The molecule has 1 heterocycles. The lowest BCUT2D eigenvalue weighted by Crippen LogP contribution is -2.07. The van der Waals surface area contributed by atoms with Crippen LogP contribution in [0, 0.1) is 6.92 Å². The monoisotopic (exact) mass is 236 g/mol. The summed E-state index contributed by atoms with van der Waals surface area (Å²) in [5.74, 6) is 0.879. The van der Waals surface area contributed by atoms with Crippen molar-refractivity contribution in [2.24, 2.45) is 0 Å². The molecule has 0 atom stereocenters. The summed E-state index contributed by atoms with van der Waals surface area (Å²) in [5.41, 5.74) is 1.05. The van der Waals surface area contributed by atoms with Gasteiger partial charge in [0.1, 0.15) is 12.4 Å². The fraction of sp³-hybridized carbons (Fsp3) is 0.250. The largest absolute Gasteiger partial charge is 0.491 e. The minimum absolute atomic E-state index is 0.624. The van der Waals surface area contributed by atoms with Gasteiger partial charge >= 0.3 is 0 Å². The molecule has 0 saturated heterocycles. The van der Waals surface area contributed by atoms with Gasteiger partial charge < -0.3 is 9.30 Å². The van der Waals surface area contributed by atoms with E-state index in [2.05, 4.69) is 4.98 Å². The van der Waals surface area contributed by atoms with Crippen LogP contribution in [0.3, 0.4) is 0 Å². The molecular weight excluding hydrogens is 224 g/mol. The van der Waals surface area contributed by atoms with E-state index in [0.29, 0.717) is 6.61 Å². The third-order valence-electron chi connectivity index (χ3n) is 2.30. The Balaban J connectivity index is 1.90. The average Bonchev–Trinajstić information content (AvgIpc) is 2.74. The fourth-order valence-electron chi connectivity index (χ4n) is 1.45.